The lowest BCUT2D eigenvalue weighted by molar-refractivity contribution is 0.297. The molecule has 2 heterocycles. The smallest absolute Gasteiger partial charge is 0.163 e. The van der Waals surface area contributed by atoms with E-state index in [1.54, 1.807) is 0 Å². The number of H-pyrrole nitrogens is 1. The third-order valence-corrected chi connectivity index (χ3v) is 3.52. The molecule has 0 spiro atoms. The second kappa shape index (κ2) is 6.13. The van der Waals surface area contributed by atoms with E-state index in [1.165, 1.54) is 0 Å². The standard InChI is InChI=1S/C15H21N3O2/c16-6-3-1-2-5-15-17-11-9-13-14(10-12(11)18-15)20-8-4-7-19-13/h9-10H,1-8,16H2,(H,17,18). The maximum Gasteiger partial charge on any atom is 0.163 e. The molecule has 1 aromatic heterocycles. The monoisotopic (exact) mass is 275 g/mol. The Morgan fingerprint density at radius 1 is 1.10 bits per heavy atom. The number of rotatable bonds is 5. The molecule has 1 aromatic carbocycles. The Bertz CT molecular complexity index is 537. The molecular weight excluding hydrogens is 254 g/mol. The molecule has 1 aliphatic rings. The molecule has 0 saturated carbocycles. The van der Waals surface area contributed by atoms with Crippen LogP contribution >= 0.6 is 0 Å². The average molecular weight is 275 g/mol. The summed E-state index contributed by atoms with van der Waals surface area (Å²) < 4.78 is 11.4. The van der Waals surface area contributed by atoms with Gasteiger partial charge in [0.05, 0.1) is 24.2 Å². The molecule has 3 N–H and O–H groups in total. The maximum absolute atomic E-state index is 5.69. The number of nitrogens with two attached hydrogens (primary N) is 1. The molecule has 0 amide bonds. The summed E-state index contributed by atoms with van der Waals surface area (Å²) in [5.41, 5.74) is 7.46. The lowest BCUT2D eigenvalue weighted by atomic mass is 10.2. The number of nitrogens with one attached hydrogen (secondary N) is 1. The highest BCUT2D eigenvalue weighted by molar-refractivity contribution is 5.79. The van der Waals surface area contributed by atoms with Gasteiger partial charge >= 0.3 is 0 Å². The van der Waals surface area contributed by atoms with E-state index in [-0.39, 0.29) is 0 Å². The quantitative estimate of drug-likeness (QED) is 0.822. The van der Waals surface area contributed by atoms with Crippen molar-refractivity contribution in [1.82, 2.24) is 9.97 Å². The second-order valence-electron chi connectivity index (χ2n) is 5.15. The van der Waals surface area contributed by atoms with Crippen molar-refractivity contribution in [3.63, 3.8) is 0 Å². The summed E-state index contributed by atoms with van der Waals surface area (Å²) in [5.74, 6) is 2.64. The molecule has 108 valence electrons. The van der Waals surface area contributed by atoms with Gasteiger partial charge in [-0.2, -0.15) is 0 Å². The van der Waals surface area contributed by atoms with Gasteiger partial charge in [0, 0.05) is 25.0 Å². The van der Waals surface area contributed by atoms with E-state index in [9.17, 15) is 0 Å². The number of hydrogen-bond acceptors (Lipinski definition) is 4. The zero-order chi connectivity index (χ0) is 13.8. The van der Waals surface area contributed by atoms with Crippen molar-refractivity contribution in [3.8, 4) is 11.5 Å². The third kappa shape index (κ3) is 2.88. The molecule has 0 aliphatic carbocycles. The largest absolute Gasteiger partial charge is 0.489 e. The van der Waals surface area contributed by atoms with Crippen LogP contribution in [0.1, 0.15) is 31.5 Å². The minimum absolute atomic E-state index is 0.703. The molecule has 20 heavy (non-hydrogen) atoms. The lowest BCUT2D eigenvalue weighted by Gasteiger charge is -2.05. The first-order chi connectivity index (χ1) is 9.86. The number of unbranched alkanes of at least 4 members (excludes halogenated alkanes) is 2. The fourth-order valence-corrected chi connectivity index (χ4v) is 2.45. The second-order valence-corrected chi connectivity index (χ2v) is 5.15. The van der Waals surface area contributed by atoms with Crippen LogP contribution in [0.5, 0.6) is 11.5 Å². The van der Waals surface area contributed by atoms with Crippen LogP contribution in [0.25, 0.3) is 11.0 Å². The van der Waals surface area contributed by atoms with Crippen molar-refractivity contribution in [1.29, 1.82) is 0 Å². The first kappa shape index (κ1) is 13.2. The number of aromatic amines is 1. The van der Waals surface area contributed by atoms with Crippen LogP contribution < -0.4 is 15.2 Å². The van der Waals surface area contributed by atoms with Gasteiger partial charge in [-0.1, -0.05) is 6.42 Å². The van der Waals surface area contributed by atoms with Crippen LogP contribution in [0.4, 0.5) is 0 Å². The van der Waals surface area contributed by atoms with Crippen molar-refractivity contribution >= 4 is 11.0 Å². The number of imidazole rings is 1. The summed E-state index contributed by atoms with van der Waals surface area (Å²) in [5, 5.41) is 0. The lowest BCUT2D eigenvalue weighted by Crippen LogP contribution is -1.98. The number of hydrogen-bond donors (Lipinski definition) is 2. The number of benzene rings is 1. The van der Waals surface area contributed by atoms with Crippen LogP contribution in [0, 0.1) is 0 Å². The zero-order valence-electron chi connectivity index (χ0n) is 11.7. The molecule has 2 aromatic rings. The van der Waals surface area contributed by atoms with E-state index in [1.807, 2.05) is 12.1 Å². The number of nitrogens with zero attached hydrogens (tertiary/aromatic N) is 1. The van der Waals surface area contributed by atoms with Crippen molar-refractivity contribution in [2.75, 3.05) is 19.8 Å². The highest BCUT2D eigenvalue weighted by atomic mass is 16.5. The van der Waals surface area contributed by atoms with E-state index in [2.05, 4.69) is 9.97 Å². The number of aryl methyl sites for hydroxylation is 1. The molecular formula is C15H21N3O2. The summed E-state index contributed by atoms with van der Waals surface area (Å²) in [4.78, 5) is 7.99. The molecule has 1 aliphatic heterocycles. The van der Waals surface area contributed by atoms with Gasteiger partial charge < -0.3 is 20.2 Å². The van der Waals surface area contributed by atoms with Crippen molar-refractivity contribution in [3.05, 3.63) is 18.0 Å². The van der Waals surface area contributed by atoms with Crippen LogP contribution in [-0.2, 0) is 6.42 Å². The average Bonchev–Trinajstić information content (AvgIpc) is 2.70. The predicted molar refractivity (Wildman–Crippen MR) is 78.3 cm³/mol. The molecule has 0 radical (unpaired) electrons. The topological polar surface area (TPSA) is 73.2 Å². The fourth-order valence-electron chi connectivity index (χ4n) is 2.45. The van der Waals surface area contributed by atoms with Gasteiger partial charge in [-0.05, 0) is 19.4 Å². The minimum atomic E-state index is 0.703. The van der Waals surface area contributed by atoms with Crippen molar-refractivity contribution in [2.24, 2.45) is 5.73 Å². The van der Waals surface area contributed by atoms with E-state index in [0.717, 1.165) is 67.0 Å². The van der Waals surface area contributed by atoms with Crippen LogP contribution in [-0.4, -0.2) is 29.7 Å². The van der Waals surface area contributed by atoms with Crippen molar-refractivity contribution < 1.29 is 9.47 Å². The van der Waals surface area contributed by atoms with E-state index < -0.39 is 0 Å². The third-order valence-electron chi connectivity index (χ3n) is 3.52. The Hall–Kier alpha value is -1.75. The number of fused-ring (bicyclic) bond motifs is 2. The Balaban J connectivity index is 1.77. The van der Waals surface area contributed by atoms with Gasteiger partial charge in [0.25, 0.3) is 0 Å². The summed E-state index contributed by atoms with van der Waals surface area (Å²) in [6, 6.07) is 3.96. The molecule has 5 heteroatoms. The maximum atomic E-state index is 5.69. The molecule has 0 bridgehead atoms. The van der Waals surface area contributed by atoms with Gasteiger partial charge in [0.15, 0.2) is 11.5 Å². The first-order valence-electron chi connectivity index (χ1n) is 7.35. The fraction of sp³-hybridized carbons (Fsp3) is 0.533. The van der Waals surface area contributed by atoms with Gasteiger partial charge in [0.1, 0.15) is 5.82 Å². The Kier molecular flexibility index (Phi) is 4.06. The summed E-state index contributed by atoms with van der Waals surface area (Å²) in [6.07, 6.45) is 5.22. The van der Waals surface area contributed by atoms with Crippen LogP contribution in [0.3, 0.4) is 0 Å². The van der Waals surface area contributed by atoms with E-state index in [4.69, 9.17) is 15.2 Å². The number of ether oxygens (including phenoxy) is 2. The van der Waals surface area contributed by atoms with Crippen LogP contribution in [0.2, 0.25) is 0 Å². The molecule has 3 rings (SSSR count). The molecule has 0 atom stereocenters. The first-order valence-corrected chi connectivity index (χ1v) is 7.35. The molecule has 0 saturated heterocycles. The number of aromatic nitrogens is 2. The predicted octanol–water partition coefficient (Wildman–Crippen LogP) is 2.40. The summed E-state index contributed by atoms with van der Waals surface area (Å²) in [7, 11) is 0. The highest BCUT2D eigenvalue weighted by Crippen LogP contribution is 2.33. The Morgan fingerprint density at radius 2 is 1.90 bits per heavy atom. The molecule has 0 fully saturated rings. The van der Waals surface area contributed by atoms with Crippen LogP contribution in [0.15, 0.2) is 12.1 Å². The Labute approximate surface area is 118 Å². The molecule has 0 unspecified atom stereocenters. The van der Waals surface area contributed by atoms with E-state index >= 15 is 0 Å². The van der Waals surface area contributed by atoms with Crippen molar-refractivity contribution in [2.45, 2.75) is 32.1 Å². The SMILES string of the molecule is NCCCCCc1nc2cc3c(cc2[nH]1)OCCCO3. The highest BCUT2D eigenvalue weighted by Gasteiger charge is 2.13. The summed E-state index contributed by atoms with van der Waals surface area (Å²) in [6.45, 7) is 2.18. The normalized spacial score (nSPS) is 14.4. The van der Waals surface area contributed by atoms with Gasteiger partial charge in [-0.3, -0.25) is 0 Å². The zero-order valence-corrected chi connectivity index (χ0v) is 11.7. The summed E-state index contributed by atoms with van der Waals surface area (Å²) >= 11 is 0. The van der Waals surface area contributed by atoms with Gasteiger partial charge in [-0.15, -0.1) is 0 Å². The Morgan fingerprint density at radius 3 is 2.70 bits per heavy atom. The minimum Gasteiger partial charge on any atom is -0.489 e. The van der Waals surface area contributed by atoms with Gasteiger partial charge in [-0.25, -0.2) is 4.98 Å². The van der Waals surface area contributed by atoms with Gasteiger partial charge in [0.2, 0.25) is 0 Å². The molecule has 5 nitrogen and oxygen atoms in total. The van der Waals surface area contributed by atoms with E-state index in [0.29, 0.717) is 13.2 Å².